The summed E-state index contributed by atoms with van der Waals surface area (Å²) in [6.07, 6.45) is 0.578. The topological polar surface area (TPSA) is 73.9 Å². The summed E-state index contributed by atoms with van der Waals surface area (Å²) in [4.78, 5) is 23.7. The van der Waals surface area contributed by atoms with Crippen molar-refractivity contribution in [1.82, 2.24) is 0 Å². The van der Waals surface area contributed by atoms with Gasteiger partial charge in [0.05, 0.1) is 24.9 Å². The molecular weight excluding hydrogens is 358 g/mol. The Kier molecular flexibility index (Phi) is 7.29. The predicted molar refractivity (Wildman–Crippen MR) is 98.9 cm³/mol. The standard InChI is InChI=1S/C19H20ClNO5/c1-24-14-9-13(10-15(11-14)25-2)7-8-19(23)26-12-18(22)21-17-6-4-3-5-16(17)20/h3-6,9-11H,7-8,12H2,1-2H3,(H,21,22). The largest absolute Gasteiger partial charge is 0.497 e. The van der Waals surface area contributed by atoms with Crippen molar-refractivity contribution in [2.45, 2.75) is 12.8 Å². The third-order valence-corrected chi connectivity index (χ3v) is 3.87. The molecule has 0 heterocycles. The van der Waals surface area contributed by atoms with Crippen molar-refractivity contribution in [3.8, 4) is 11.5 Å². The molecule has 0 aromatic heterocycles. The Hall–Kier alpha value is -2.73. The molecule has 0 aliphatic heterocycles. The zero-order chi connectivity index (χ0) is 18.9. The van der Waals surface area contributed by atoms with Gasteiger partial charge in [-0.25, -0.2) is 0 Å². The zero-order valence-electron chi connectivity index (χ0n) is 14.6. The SMILES string of the molecule is COc1cc(CCC(=O)OCC(=O)Nc2ccccc2Cl)cc(OC)c1. The summed E-state index contributed by atoms with van der Waals surface area (Å²) in [5, 5.41) is 3.00. The number of ether oxygens (including phenoxy) is 3. The minimum absolute atomic E-state index is 0.135. The summed E-state index contributed by atoms with van der Waals surface area (Å²) in [5.74, 6) is 0.370. The maximum atomic E-state index is 11.9. The lowest BCUT2D eigenvalue weighted by Crippen LogP contribution is -2.21. The number of para-hydroxylation sites is 1. The van der Waals surface area contributed by atoms with E-state index in [9.17, 15) is 9.59 Å². The molecule has 0 radical (unpaired) electrons. The van der Waals surface area contributed by atoms with E-state index in [0.29, 0.717) is 28.6 Å². The van der Waals surface area contributed by atoms with Crippen LogP contribution in [0.3, 0.4) is 0 Å². The normalized spacial score (nSPS) is 10.1. The highest BCUT2D eigenvalue weighted by molar-refractivity contribution is 6.33. The van der Waals surface area contributed by atoms with E-state index in [-0.39, 0.29) is 13.0 Å². The third-order valence-electron chi connectivity index (χ3n) is 3.54. The summed E-state index contributed by atoms with van der Waals surface area (Å²) in [7, 11) is 3.12. The van der Waals surface area contributed by atoms with Gasteiger partial charge in [0.2, 0.25) is 0 Å². The number of nitrogens with one attached hydrogen (secondary N) is 1. The maximum absolute atomic E-state index is 11.9. The second-order valence-corrected chi connectivity index (χ2v) is 5.82. The molecule has 0 spiro atoms. The van der Waals surface area contributed by atoms with Crippen LogP contribution in [0.4, 0.5) is 5.69 Å². The highest BCUT2D eigenvalue weighted by atomic mass is 35.5. The Balaban J connectivity index is 1.80. The van der Waals surface area contributed by atoms with E-state index in [1.54, 1.807) is 44.6 Å². The molecule has 0 unspecified atom stereocenters. The molecule has 0 aliphatic carbocycles. The number of carbonyl (C=O) groups is 2. The number of hydrogen-bond donors (Lipinski definition) is 1. The Morgan fingerprint density at radius 1 is 1.04 bits per heavy atom. The molecule has 0 saturated heterocycles. The van der Waals surface area contributed by atoms with Crippen LogP contribution in [0.15, 0.2) is 42.5 Å². The molecule has 2 aromatic rings. The van der Waals surface area contributed by atoms with Gasteiger partial charge in [-0.2, -0.15) is 0 Å². The first-order chi connectivity index (χ1) is 12.5. The van der Waals surface area contributed by atoms with E-state index < -0.39 is 11.9 Å². The van der Waals surface area contributed by atoms with Crippen LogP contribution in [0.25, 0.3) is 0 Å². The van der Waals surface area contributed by atoms with E-state index in [1.165, 1.54) is 0 Å². The van der Waals surface area contributed by atoms with E-state index in [2.05, 4.69) is 5.32 Å². The van der Waals surface area contributed by atoms with Gasteiger partial charge in [0, 0.05) is 12.5 Å². The molecule has 0 saturated carbocycles. The molecule has 7 heteroatoms. The lowest BCUT2D eigenvalue weighted by atomic mass is 10.1. The zero-order valence-corrected chi connectivity index (χ0v) is 15.3. The molecule has 2 rings (SSSR count). The molecule has 6 nitrogen and oxygen atoms in total. The fraction of sp³-hybridized carbons (Fsp3) is 0.263. The number of carbonyl (C=O) groups excluding carboxylic acids is 2. The van der Waals surface area contributed by atoms with Crippen molar-refractivity contribution in [2.75, 3.05) is 26.1 Å². The number of amides is 1. The van der Waals surface area contributed by atoms with Crippen molar-refractivity contribution < 1.29 is 23.8 Å². The van der Waals surface area contributed by atoms with Gasteiger partial charge >= 0.3 is 5.97 Å². The summed E-state index contributed by atoms with van der Waals surface area (Å²) < 4.78 is 15.4. The number of esters is 1. The second kappa shape index (κ2) is 9.68. The van der Waals surface area contributed by atoms with E-state index in [4.69, 9.17) is 25.8 Å². The average Bonchev–Trinajstić information content (AvgIpc) is 2.66. The summed E-state index contributed by atoms with van der Waals surface area (Å²) in [6, 6.07) is 12.2. The Morgan fingerprint density at radius 2 is 1.69 bits per heavy atom. The van der Waals surface area contributed by atoms with E-state index in [0.717, 1.165) is 5.56 Å². The van der Waals surface area contributed by atoms with Crippen LogP contribution in [0, 0.1) is 0 Å². The minimum atomic E-state index is -0.471. The van der Waals surface area contributed by atoms with Gasteiger partial charge < -0.3 is 19.5 Å². The van der Waals surface area contributed by atoms with Crippen molar-refractivity contribution in [1.29, 1.82) is 0 Å². The van der Waals surface area contributed by atoms with Crippen LogP contribution in [-0.4, -0.2) is 32.7 Å². The molecule has 1 amide bonds. The van der Waals surface area contributed by atoms with E-state index in [1.807, 2.05) is 12.1 Å². The van der Waals surface area contributed by atoms with Gasteiger partial charge in [-0.15, -0.1) is 0 Å². The summed E-state index contributed by atoms with van der Waals surface area (Å²) >= 11 is 5.96. The van der Waals surface area contributed by atoms with Crippen LogP contribution in [0.1, 0.15) is 12.0 Å². The van der Waals surface area contributed by atoms with Gasteiger partial charge in [-0.1, -0.05) is 23.7 Å². The highest BCUT2D eigenvalue weighted by Gasteiger charge is 2.10. The van der Waals surface area contributed by atoms with Crippen LogP contribution in [0.2, 0.25) is 5.02 Å². The fourth-order valence-corrected chi connectivity index (χ4v) is 2.41. The first-order valence-electron chi connectivity index (χ1n) is 7.93. The van der Waals surface area contributed by atoms with Crippen molar-refractivity contribution in [3.63, 3.8) is 0 Å². The lowest BCUT2D eigenvalue weighted by molar-refractivity contribution is -0.147. The molecule has 0 atom stereocenters. The summed E-state index contributed by atoms with van der Waals surface area (Å²) in [6.45, 7) is -0.370. The van der Waals surface area contributed by atoms with Gasteiger partial charge in [0.25, 0.3) is 5.91 Å². The first kappa shape index (κ1) is 19.6. The third kappa shape index (κ3) is 5.97. The van der Waals surface area contributed by atoms with Crippen molar-refractivity contribution in [3.05, 3.63) is 53.1 Å². The number of aryl methyl sites for hydroxylation is 1. The fourth-order valence-electron chi connectivity index (χ4n) is 2.22. The highest BCUT2D eigenvalue weighted by Crippen LogP contribution is 2.23. The quantitative estimate of drug-likeness (QED) is 0.713. The van der Waals surface area contributed by atoms with Crippen molar-refractivity contribution >= 4 is 29.2 Å². The number of hydrogen-bond acceptors (Lipinski definition) is 5. The average molecular weight is 378 g/mol. The Morgan fingerprint density at radius 3 is 2.31 bits per heavy atom. The van der Waals surface area contributed by atoms with Crippen LogP contribution in [-0.2, 0) is 20.7 Å². The number of benzene rings is 2. The number of halogens is 1. The summed E-state index contributed by atoms with van der Waals surface area (Å²) in [5.41, 5.74) is 1.34. The van der Waals surface area contributed by atoms with E-state index >= 15 is 0 Å². The molecule has 0 aliphatic rings. The predicted octanol–water partition coefficient (Wildman–Crippen LogP) is 3.47. The Bertz CT molecular complexity index is 756. The van der Waals surface area contributed by atoms with Gasteiger partial charge in [0.1, 0.15) is 11.5 Å². The van der Waals surface area contributed by atoms with Gasteiger partial charge in [-0.3, -0.25) is 9.59 Å². The second-order valence-electron chi connectivity index (χ2n) is 5.41. The lowest BCUT2D eigenvalue weighted by Gasteiger charge is -2.09. The monoisotopic (exact) mass is 377 g/mol. The molecule has 26 heavy (non-hydrogen) atoms. The van der Waals surface area contributed by atoms with Gasteiger partial charge in [-0.05, 0) is 36.2 Å². The smallest absolute Gasteiger partial charge is 0.306 e. The number of anilines is 1. The number of rotatable bonds is 8. The number of methoxy groups -OCH3 is 2. The van der Waals surface area contributed by atoms with Crippen LogP contribution >= 0.6 is 11.6 Å². The molecular formula is C19H20ClNO5. The van der Waals surface area contributed by atoms with Crippen molar-refractivity contribution in [2.24, 2.45) is 0 Å². The minimum Gasteiger partial charge on any atom is -0.497 e. The molecule has 1 N–H and O–H groups in total. The van der Waals surface area contributed by atoms with Crippen LogP contribution in [0.5, 0.6) is 11.5 Å². The molecule has 0 fully saturated rings. The molecule has 0 bridgehead atoms. The Labute approximate surface area is 157 Å². The molecule has 2 aromatic carbocycles. The molecule has 138 valence electrons. The maximum Gasteiger partial charge on any atom is 0.306 e. The van der Waals surface area contributed by atoms with Crippen LogP contribution < -0.4 is 14.8 Å². The first-order valence-corrected chi connectivity index (χ1v) is 8.31. The van der Waals surface area contributed by atoms with Gasteiger partial charge in [0.15, 0.2) is 6.61 Å².